The summed E-state index contributed by atoms with van der Waals surface area (Å²) >= 11 is 0. The second kappa shape index (κ2) is 6.39. The van der Waals surface area contributed by atoms with Crippen molar-refractivity contribution < 1.29 is 9.53 Å². The Morgan fingerprint density at radius 2 is 1.86 bits per heavy atom. The zero-order valence-electron chi connectivity index (χ0n) is 12.3. The van der Waals surface area contributed by atoms with Gasteiger partial charge in [0.15, 0.2) is 0 Å². The number of hydrogen-bond acceptors (Lipinski definition) is 3. The predicted molar refractivity (Wildman–Crippen MR) is 86.6 cm³/mol. The van der Waals surface area contributed by atoms with E-state index in [2.05, 4.69) is 11.1 Å². The molecule has 3 heteroatoms. The van der Waals surface area contributed by atoms with Gasteiger partial charge in [0, 0.05) is 23.6 Å². The molecule has 0 amide bonds. The van der Waals surface area contributed by atoms with Gasteiger partial charge in [0.1, 0.15) is 11.9 Å². The highest BCUT2D eigenvalue weighted by Crippen LogP contribution is 2.27. The molecule has 0 aliphatic rings. The lowest BCUT2D eigenvalue weighted by molar-refractivity contribution is 0.228. The fourth-order valence-electron chi connectivity index (χ4n) is 2.51. The Morgan fingerprint density at radius 3 is 2.64 bits per heavy atom. The standard InChI is InChI=1S/C19H16NO2/c1-14(22-16-8-6-15(7-9-16)11-13-21)17-10-12-20-19-5-3-2-4-18(17)19/h2-10,12,14H,11H2,1H3. The maximum atomic E-state index is 10.4. The molecule has 2 aromatic carbocycles. The molecule has 0 saturated heterocycles. The van der Waals surface area contributed by atoms with Crippen LogP contribution in [0.15, 0.2) is 60.8 Å². The third-order valence-corrected chi connectivity index (χ3v) is 3.63. The largest absolute Gasteiger partial charge is 0.486 e. The minimum atomic E-state index is -0.0867. The van der Waals surface area contributed by atoms with E-state index in [0.717, 1.165) is 27.8 Å². The molecule has 3 aromatic rings. The summed E-state index contributed by atoms with van der Waals surface area (Å²) in [6.45, 7) is 2.02. The van der Waals surface area contributed by atoms with Crippen LogP contribution in [0.3, 0.4) is 0 Å². The lowest BCUT2D eigenvalue weighted by Crippen LogP contribution is -2.04. The molecule has 3 nitrogen and oxygen atoms in total. The normalized spacial score (nSPS) is 12.0. The lowest BCUT2D eigenvalue weighted by atomic mass is 10.1. The van der Waals surface area contributed by atoms with Crippen LogP contribution in [0.5, 0.6) is 5.75 Å². The molecule has 1 atom stereocenters. The fourth-order valence-corrected chi connectivity index (χ4v) is 2.51. The minimum absolute atomic E-state index is 0.0867. The van der Waals surface area contributed by atoms with Gasteiger partial charge in [0.05, 0.1) is 5.52 Å². The third kappa shape index (κ3) is 2.98. The summed E-state index contributed by atoms with van der Waals surface area (Å²) in [5.41, 5.74) is 3.01. The van der Waals surface area contributed by atoms with Crippen LogP contribution in [-0.4, -0.2) is 11.3 Å². The molecular formula is C19H16NO2. The number of nitrogens with zero attached hydrogens (tertiary/aromatic N) is 1. The maximum Gasteiger partial charge on any atom is 0.203 e. The lowest BCUT2D eigenvalue weighted by Gasteiger charge is -2.17. The number of benzene rings is 2. The monoisotopic (exact) mass is 290 g/mol. The number of rotatable bonds is 5. The van der Waals surface area contributed by atoms with E-state index < -0.39 is 0 Å². The maximum absolute atomic E-state index is 10.4. The molecule has 0 bridgehead atoms. The SMILES string of the molecule is CC(Oc1ccc(C[C]=O)cc1)c1ccnc2ccccc12. The summed E-state index contributed by atoms with van der Waals surface area (Å²) in [6.07, 6.45) is 3.92. The van der Waals surface area contributed by atoms with E-state index >= 15 is 0 Å². The Hall–Kier alpha value is -2.68. The van der Waals surface area contributed by atoms with Crippen molar-refractivity contribution in [1.82, 2.24) is 4.98 Å². The molecule has 109 valence electrons. The molecule has 22 heavy (non-hydrogen) atoms. The molecule has 1 unspecified atom stereocenters. The molecule has 0 fully saturated rings. The second-order valence-electron chi connectivity index (χ2n) is 5.14. The molecular weight excluding hydrogens is 274 g/mol. The third-order valence-electron chi connectivity index (χ3n) is 3.63. The van der Waals surface area contributed by atoms with Crippen LogP contribution in [0.2, 0.25) is 0 Å². The number of para-hydroxylation sites is 1. The van der Waals surface area contributed by atoms with Gasteiger partial charge in [0.2, 0.25) is 6.29 Å². The number of aromatic nitrogens is 1. The van der Waals surface area contributed by atoms with Gasteiger partial charge >= 0.3 is 0 Å². The molecule has 0 saturated carbocycles. The first-order chi connectivity index (χ1) is 10.8. The second-order valence-corrected chi connectivity index (χ2v) is 5.14. The number of hydrogen-bond donors (Lipinski definition) is 0. The van der Waals surface area contributed by atoms with Gasteiger partial charge in [-0.05, 0) is 36.8 Å². The van der Waals surface area contributed by atoms with Crippen molar-refractivity contribution in [2.75, 3.05) is 0 Å². The zero-order valence-corrected chi connectivity index (χ0v) is 12.3. The van der Waals surface area contributed by atoms with Crippen LogP contribution >= 0.6 is 0 Å². The number of pyridine rings is 1. The summed E-state index contributed by atoms with van der Waals surface area (Å²) in [6, 6.07) is 17.6. The van der Waals surface area contributed by atoms with Crippen molar-refractivity contribution >= 4 is 17.2 Å². The van der Waals surface area contributed by atoms with Gasteiger partial charge in [-0.15, -0.1) is 0 Å². The van der Waals surface area contributed by atoms with E-state index in [-0.39, 0.29) is 6.10 Å². The molecule has 1 heterocycles. The Bertz CT molecular complexity index is 776. The minimum Gasteiger partial charge on any atom is -0.486 e. The smallest absolute Gasteiger partial charge is 0.203 e. The van der Waals surface area contributed by atoms with Crippen LogP contribution in [0.1, 0.15) is 24.2 Å². The molecule has 0 N–H and O–H groups in total. The zero-order chi connectivity index (χ0) is 15.4. The van der Waals surface area contributed by atoms with E-state index in [4.69, 9.17) is 4.74 Å². The first-order valence-electron chi connectivity index (χ1n) is 7.22. The molecule has 1 radical (unpaired) electrons. The van der Waals surface area contributed by atoms with Crippen LogP contribution in [-0.2, 0) is 11.2 Å². The van der Waals surface area contributed by atoms with Crippen molar-refractivity contribution in [3.63, 3.8) is 0 Å². The van der Waals surface area contributed by atoms with E-state index in [9.17, 15) is 4.79 Å². The summed E-state index contributed by atoms with van der Waals surface area (Å²) in [5, 5.41) is 1.10. The van der Waals surface area contributed by atoms with Crippen LogP contribution in [0, 0.1) is 0 Å². The number of ether oxygens (including phenoxy) is 1. The van der Waals surface area contributed by atoms with Crippen LogP contribution in [0.25, 0.3) is 10.9 Å². The van der Waals surface area contributed by atoms with E-state index in [1.807, 2.05) is 61.7 Å². The van der Waals surface area contributed by atoms with Crippen molar-refractivity contribution in [2.24, 2.45) is 0 Å². The predicted octanol–water partition coefficient (Wildman–Crippen LogP) is 4.03. The number of fused-ring (bicyclic) bond motifs is 1. The van der Waals surface area contributed by atoms with Gasteiger partial charge in [0.25, 0.3) is 0 Å². The van der Waals surface area contributed by atoms with Crippen molar-refractivity contribution in [2.45, 2.75) is 19.4 Å². The summed E-state index contributed by atoms with van der Waals surface area (Å²) < 4.78 is 6.02. The van der Waals surface area contributed by atoms with Crippen LogP contribution < -0.4 is 4.74 Å². The first-order valence-corrected chi connectivity index (χ1v) is 7.22. The van der Waals surface area contributed by atoms with Crippen LogP contribution in [0.4, 0.5) is 0 Å². The fraction of sp³-hybridized carbons (Fsp3) is 0.158. The van der Waals surface area contributed by atoms with Gasteiger partial charge in [-0.3, -0.25) is 9.78 Å². The van der Waals surface area contributed by atoms with Gasteiger partial charge in [-0.25, -0.2) is 0 Å². The molecule has 0 spiro atoms. The molecule has 3 rings (SSSR count). The van der Waals surface area contributed by atoms with Gasteiger partial charge in [-0.2, -0.15) is 0 Å². The highest BCUT2D eigenvalue weighted by Gasteiger charge is 2.11. The van der Waals surface area contributed by atoms with E-state index in [1.165, 1.54) is 0 Å². The topological polar surface area (TPSA) is 39.2 Å². The van der Waals surface area contributed by atoms with E-state index in [0.29, 0.717) is 6.42 Å². The van der Waals surface area contributed by atoms with Gasteiger partial charge in [-0.1, -0.05) is 30.3 Å². The quantitative estimate of drug-likeness (QED) is 0.712. The number of carbonyl (C=O) groups excluding carboxylic acids is 1. The van der Waals surface area contributed by atoms with Crippen molar-refractivity contribution in [3.8, 4) is 5.75 Å². The Kier molecular flexibility index (Phi) is 4.15. The molecule has 1 aromatic heterocycles. The average molecular weight is 290 g/mol. The van der Waals surface area contributed by atoms with Crippen molar-refractivity contribution in [1.29, 1.82) is 0 Å². The average Bonchev–Trinajstić information content (AvgIpc) is 2.56. The molecule has 0 aliphatic heterocycles. The van der Waals surface area contributed by atoms with Gasteiger partial charge < -0.3 is 4.74 Å². The Labute approximate surface area is 129 Å². The summed E-state index contributed by atoms with van der Waals surface area (Å²) in [4.78, 5) is 14.8. The highest BCUT2D eigenvalue weighted by molar-refractivity contribution is 5.82. The van der Waals surface area contributed by atoms with E-state index in [1.54, 1.807) is 6.20 Å². The first kappa shape index (κ1) is 14.3. The van der Waals surface area contributed by atoms with Crippen molar-refractivity contribution in [3.05, 3.63) is 71.9 Å². The Balaban J connectivity index is 1.83. The Morgan fingerprint density at radius 1 is 1.09 bits per heavy atom. The molecule has 0 aliphatic carbocycles. The summed E-state index contributed by atoms with van der Waals surface area (Å²) in [5.74, 6) is 0.781. The summed E-state index contributed by atoms with van der Waals surface area (Å²) in [7, 11) is 0. The highest BCUT2D eigenvalue weighted by atomic mass is 16.5.